The van der Waals surface area contributed by atoms with Crippen LogP contribution < -0.4 is 14.9 Å². The molecule has 13 heteroatoms. The molecule has 0 saturated heterocycles. The first-order valence-electron chi connectivity index (χ1n) is 12.9. The van der Waals surface area contributed by atoms with Crippen LogP contribution >= 0.6 is 34.4 Å². The number of thioether (sulfide) groups is 1. The van der Waals surface area contributed by atoms with Gasteiger partial charge in [-0.15, -0.1) is 23.1 Å². The average Bonchev–Trinajstić information content (AvgIpc) is 3.45. The van der Waals surface area contributed by atoms with E-state index in [9.17, 15) is 19.2 Å². The number of carbonyl (C=O) groups is 4. The average molecular weight is 606 g/mol. The molecule has 40 heavy (non-hydrogen) atoms. The lowest BCUT2D eigenvalue weighted by Gasteiger charge is -2.12. The molecule has 0 fully saturated rings. The number of ether oxygens (including phenoxy) is 3. The largest absolute Gasteiger partial charge is 0.497 e. The lowest BCUT2D eigenvalue weighted by atomic mass is 9.95. The standard InChI is InChI=1S/C27H31N3O7S3/c1-4-36-23(33)13-30-18-11-10-16(35-3)12-20(18)40-27(30)29-22(32)15-38-14-21(31)28-25-24(26(34)37-5-2)17-8-6-7-9-19(17)39-25/h10-12H,4-9,13-15H2,1-3H3,(H,28,31). The van der Waals surface area contributed by atoms with Crippen LogP contribution in [0.25, 0.3) is 10.2 Å². The summed E-state index contributed by atoms with van der Waals surface area (Å²) in [6.07, 6.45) is 3.73. The Kier molecular flexibility index (Phi) is 10.4. The van der Waals surface area contributed by atoms with E-state index in [1.165, 1.54) is 22.7 Å². The minimum atomic E-state index is -0.437. The molecule has 3 aromatic rings. The van der Waals surface area contributed by atoms with Gasteiger partial charge in [-0.05, 0) is 63.3 Å². The van der Waals surface area contributed by atoms with Gasteiger partial charge in [-0.25, -0.2) is 4.79 Å². The number of rotatable bonds is 11. The zero-order chi connectivity index (χ0) is 28.6. The van der Waals surface area contributed by atoms with Crippen LogP contribution in [-0.4, -0.2) is 60.1 Å². The molecule has 0 spiro atoms. The van der Waals surface area contributed by atoms with E-state index in [4.69, 9.17) is 14.2 Å². The number of nitrogens with zero attached hydrogens (tertiary/aromatic N) is 2. The Hall–Kier alpha value is -3.16. The highest BCUT2D eigenvalue weighted by molar-refractivity contribution is 8.00. The van der Waals surface area contributed by atoms with Gasteiger partial charge in [0.15, 0.2) is 4.80 Å². The number of benzene rings is 1. The summed E-state index contributed by atoms with van der Waals surface area (Å²) < 4.78 is 18.1. The number of aryl methyl sites for hydroxylation is 1. The molecule has 1 aliphatic carbocycles. The molecule has 0 bridgehead atoms. The minimum absolute atomic E-state index is 0.0124. The van der Waals surface area contributed by atoms with E-state index < -0.39 is 17.8 Å². The summed E-state index contributed by atoms with van der Waals surface area (Å²) in [6.45, 7) is 3.89. The van der Waals surface area contributed by atoms with Gasteiger partial charge in [-0.2, -0.15) is 4.99 Å². The SMILES string of the molecule is CCOC(=O)Cn1c(=NC(=O)CSCC(=O)Nc2sc3c(c2C(=O)OCC)CCCC3)sc2cc(OC)ccc21. The lowest BCUT2D eigenvalue weighted by molar-refractivity contribution is -0.143. The maximum absolute atomic E-state index is 12.7. The van der Waals surface area contributed by atoms with Crippen molar-refractivity contribution in [3.8, 4) is 5.75 Å². The maximum Gasteiger partial charge on any atom is 0.341 e. The van der Waals surface area contributed by atoms with E-state index >= 15 is 0 Å². The van der Waals surface area contributed by atoms with Crippen molar-refractivity contribution in [1.29, 1.82) is 0 Å². The van der Waals surface area contributed by atoms with Gasteiger partial charge in [0.25, 0.3) is 5.91 Å². The Morgan fingerprint density at radius 1 is 1.05 bits per heavy atom. The predicted octanol–water partition coefficient (Wildman–Crippen LogP) is 4.19. The molecule has 2 amide bonds. The van der Waals surface area contributed by atoms with Gasteiger partial charge in [0.05, 0.1) is 47.6 Å². The number of esters is 2. The topological polar surface area (TPSA) is 125 Å². The van der Waals surface area contributed by atoms with Crippen LogP contribution in [0.4, 0.5) is 5.00 Å². The number of hydrogen-bond donors (Lipinski definition) is 1. The molecule has 4 rings (SSSR count). The zero-order valence-electron chi connectivity index (χ0n) is 22.6. The number of amides is 2. The van der Waals surface area contributed by atoms with E-state index in [0.717, 1.165) is 58.1 Å². The van der Waals surface area contributed by atoms with Crippen LogP contribution in [-0.2, 0) is 43.2 Å². The highest BCUT2D eigenvalue weighted by atomic mass is 32.2. The summed E-state index contributed by atoms with van der Waals surface area (Å²) >= 11 is 3.81. The van der Waals surface area contributed by atoms with Crippen molar-refractivity contribution in [1.82, 2.24) is 4.57 Å². The fourth-order valence-corrected chi connectivity index (χ4v) is 7.33. The Bertz CT molecular complexity index is 1490. The molecule has 0 saturated carbocycles. The number of thiophene rings is 1. The third-order valence-electron chi connectivity index (χ3n) is 6.07. The van der Waals surface area contributed by atoms with Crippen molar-refractivity contribution in [2.45, 2.75) is 46.1 Å². The maximum atomic E-state index is 12.7. The van der Waals surface area contributed by atoms with E-state index in [-0.39, 0.29) is 37.2 Å². The number of anilines is 1. The van der Waals surface area contributed by atoms with Crippen molar-refractivity contribution < 1.29 is 33.4 Å². The Morgan fingerprint density at radius 3 is 2.58 bits per heavy atom. The molecule has 2 aromatic heterocycles. The van der Waals surface area contributed by atoms with Gasteiger partial charge in [0.1, 0.15) is 17.3 Å². The van der Waals surface area contributed by atoms with Crippen LogP contribution in [0.2, 0.25) is 0 Å². The van der Waals surface area contributed by atoms with Gasteiger partial charge >= 0.3 is 11.9 Å². The fourth-order valence-electron chi connectivity index (χ4n) is 4.36. The quantitative estimate of drug-likeness (QED) is 0.323. The molecule has 10 nitrogen and oxygen atoms in total. The van der Waals surface area contributed by atoms with Crippen molar-refractivity contribution in [2.24, 2.45) is 4.99 Å². The number of hydrogen-bond acceptors (Lipinski definition) is 10. The van der Waals surface area contributed by atoms with Crippen LogP contribution in [0.3, 0.4) is 0 Å². The minimum Gasteiger partial charge on any atom is -0.497 e. The van der Waals surface area contributed by atoms with Crippen LogP contribution in [0.1, 0.15) is 47.5 Å². The van der Waals surface area contributed by atoms with Crippen LogP contribution in [0.5, 0.6) is 5.75 Å². The predicted molar refractivity (Wildman–Crippen MR) is 156 cm³/mol. The highest BCUT2D eigenvalue weighted by Gasteiger charge is 2.27. The van der Waals surface area contributed by atoms with Gasteiger partial charge in [0.2, 0.25) is 5.91 Å². The fraction of sp³-hybridized carbons (Fsp3) is 0.444. The first-order chi connectivity index (χ1) is 19.3. The molecule has 0 atom stereocenters. The second-order valence-electron chi connectivity index (χ2n) is 8.79. The molecular formula is C27H31N3O7S3. The van der Waals surface area contributed by atoms with Gasteiger partial charge in [0, 0.05) is 4.88 Å². The van der Waals surface area contributed by atoms with Crippen LogP contribution in [0, 0.1) is 0 Å². The first kappa shape index (κ1) is 29.8. The summed E-state index contributed by atoms with van der Waals surface area (Å²) in [7, 11) is 1.56. The molecule has 0 aliphatic heterocycles. The first-order valence-corrected chi connectivity index (χ1v) is 15.7. The monoisotopic (exact) mass is 605 g/mol. The normalized spacial score (nSPS) is 13.1. The third-order valence-corrected chi connectivity index (χ3v) is 9.23. The number of methoxy groups -OCH3 is 1. The van der Waals surface area contributed by atoms with Crippen molar-refractivity contribution in [2.75, 3.05) is 37.1 Å². The Morgan fingerprint density at radius 2 is 1.82 bits per heavy atom. The van der Waals surface area contributed by atoms with Crippen LogP contribution in [0.15, 0.2) is 23.2 Å². The second kappa shape index (κ2) is 14.0. The molecule has 0 unspecified atom stereocenters. The van der Waals surface area contributed by atoms with Crippen molar-refractivity contribution in [3.05, 3.63) is 39.0 Å². The second-order valence-corrected chi connectivity index (χ2v) is 11.9. The number of fused-ring (bicyclic) bond motifs is 2. The van der Waals surface area contributed by atoms with Crippen molar-refractivity contribution >= 4 is 73.4 Å². The molecule has 1 N–H and O–H groups in total. The van der Waals surface area contributed by atoms with E-state index in [2.05, 4.69) is 10.3 Å². The molecule has 1 aliphatic rings. The number of nitrogens with one attached hydrogen (secondary N) is 1. The Balaban J connectivity index is 1.44. The summed E-state index contributed by atoms with van der Waals surface area (Å²) in [4.78, 5) is 56.0. The summed E-state index contributed by atoms with van der Waals surface area (Å²) in [5, 5.41) is 3.36. The summed E-state index contributed by atoms with van der Waals surface area (Å²) in [5.74, 6) is -0.976. The number of thiazole rings is 1. The third kappa shape index (κ3) is 7.12. The Labute approximate surface area is 243 Å². The van der Waals surface area contributed by atoms with Gasteiger partial charge in [-0.3, -0.25) is 14.4 Å². The molecular weight excluding hydrogens is 575 g/mol. The van der Waals surface area contributed by atoms with E-state index in [1.807, 2.05) is 6.07 Å². The van der Waals surface area contributed by atoms with Crippen molar-refractivity contribution in [3.63, 3.8) is 0 Å². The molecule has 2 heterocycles. The number of aromatic nitrogens is 1. The number of carbonyl (C=O) groups excluding carboxylic acids is 4. The summed E-state index contributed by atoms with van der Waals surface area (Å²) in [6, 6.07) is 5.39. The van der Waals surface area contributed by atoms with Gasteiger partial charge < -0.3 is 24.1 Å². The molecule has 0 radical (unpaired) electrons. The highest BCUT2D eigenvalue weighted by Crippen LogP contribution is 2.38. The molecule has 214 valence electrons. The lowest BCUT2D eigenvalue weighted by Crippen LogP contribution is -2.23. The van der Waals surface area contributed by atoms with E-state index in [1.54, 1.807) is 37.7 Å². The summed E-state index contributed by atoms with van der Waals surface area (Å²) in [5.41, 5.74) is 2.16. The molecule has 1 aromatic carbocycles. The van der Waals surface area contributed by atoms with Gasteiger partial charge in [-0.1, -0.05) is 11.3 Å². The zero-order valence-corrected chi connectivity index (χ0v) is 25.0. The van der Waals surface area contributed by atoms with E-state index in [0.29, 0.717) is 21.1 Å². The smallest absolute Gasteiger partial charge is 0.341 e.